The quantitative estimate of drug-likeness (QED) is 0.169. The van der Waals surface area contributed by atoms with Crippen LogP contribution in [-0.4, -0.2) is 28.2 Å². The molecule has 58 heavy (non-hydrogen) atoms. The minimum atomic E-state index is 0.880. The lowest BCUT2D eigenvalue weighted by atomic mass is 10.1. The summed E-state index contributed by atoms with van der Waals surface area (Å²) in [7, 11) is 0. The van der Waals surface area contributed by atoms with E-state index in [0.29, 0.717) is 0 Å². The molecule has 6 heteroatoms. The van der Waals surface area contributed by atoms with Crippen LogP contribution in [0.25, 0.3) is 110 Å². The molecule has 13 rings (SSSR count). The molecule has 0 spiro atoms. The van der Waals surface area contributed by atoms with Crippen molar-refractivity contribution in [1.82, 2.24) is 28.2 Å². The summed E-state index contributed by atoms with van der Waals surface area (Å²) < 4.78 is 9.52. The molecule has 6 aromatic heterocycles. The third-order valence-corrected chi connectivity index (χ3v) is 12.0. The normalized spacial score (nSPS) is 12.1. The highest BCUT2D eigenvalue weighted by molar-refractivity contribution is 6.24. The van der Waals surface area contributed by atoms with Gasteiger partial charge in [0.15, 0.2) is 0 Å². The Morgan fingerprint density at radius 1 is 0.293 bits per heavy atom. The van der Waals surface area contributed by atoms with E-state index in [1.54, 1.807) is 0 Å². The van der Waals surface area contributed by atoms with Crippen LogP contribution in [-0.2, 0) is 0 Å². The van der Waals surface area contributed by atoms with Crippen molar-refractivity contribution in [3.63, 3.8) is 0 Å². The van der Waals surface area contributed by atoms with Gasteiger partial charge in [0.2, 0.25) is 0 Å². The Balaban J connectivity index is 1.03. The van der Waals surface area contributed by atoms with Gasteiger partial charge < -0.3 is 0 Å². The molecule has 0 aliphatic heterocycles. The molecule has 0 N–H and O–H groups in total. The third kappa shape index (κ3) is 4.20. The predicted octanol–water partition coefficient (Wildman–Crippen LogP) is 12.9. The first-order chi connectivity index (χ1) is 28.8. The van der Waals surface area contributed by atoms with E-state index >= 15 is 0 Å². The van der Waals surface area contributed by atoms with Gasteiger partial charge in [-0.3, -0.25) is 28.2 Å². The van der Waals surface area contributed by atoms with Crippen LogP contribution in [0.4, 0.5) is 0 Å². The molecule has 6 heterocycles. The van der Waals surface area contributed by atoms with Crippen LogP contribution in [0.3, 0.4) is 0 Å². The second kappa shape index (κ2) is 11.8. The first-order valence-electron chi connectivity index (χ1n) is 19.7. The molecule has 0 fully saturated rings. The van der Waals surface area contributed by atoms with E-state index in [4.69, 9.17) is 9.97 Å². The minimum absolute atomic E-state index is 0.880. The highest BCUT2D eigenvalue weighted by atomic mass is 15.2. The van der Waals surface area contributed by atoms with E-state index in [2.05, 4.69) is 200 Å². The van der Waals surface area contributed by atoms with Crippen molar-refractivity contribution in [2.45, 2.75) is 0 Å². The summed E-state index contributed by atoms with van der Waals surface area (Å²) in [5.74, 6) is 0. The smallest absolute Gasteiger partial charge is 0.131 e. The molecule has 7 aromatic carbocycles. The fourth-order valence-electron chi connectivity index (χ4n) is 9.61. The number of nitrogens with zero attached hydrogens (tertiary/aromatic N) is 6. The molecule has 13 aromatic rings. The molecule has 0 saturated heterocycles. The zero-order chi connectivity index (χ0) is 37.9. The van der Waals surface area contributed by atoms with E-state index in [9.17, 15) is 0 Å². The van der Waals surface area contributed by atoms with Crippen LogP contribution in [0, 0.1) is 0 Å². The lowest BCUT2D eigenvalue weighted by molar-refractivity contribution is 1.06. The summed E-state index contributed by atoms with van der Waals surface area (Å²) in [5.41, 5.74) is 12.9. The van der Waals surface area contributed by atoms with E-state index < -0.39 is 0 Å². The topological polar surface area (TPSA) is 45.5 Å². The number of pyridine rings is 2. The zero-order valence-corrected chi connectivity index (χ0v) is 31.2. The van der Waals surface area contributed by atoms with Crippen LogP contribution < -0.4 is 0 Å². The van der Waals surface area contributed by atoms with Crippen molar-refractivity contribution in [1.29, 1.82) is 0 Å². The Labute approximate surface area is 331 Å². The SMILES string of the molecule is c1ccc(-n2c3ccccc3c3c4ccccc4n(-c4cnc5c(ccc6cc(-n7c8ccccc8c8c9ccccc9n(-c9ccccc9)c87)cnc65)c4)c32)cc1. The molecule has 0 unspecified atom stereocenters. The second-order valence-electron chi connectivity index (χ2n) is 15.1. The second-order valence-corrected chi connectivity index (χ2v) is 15.1. The maximum Gasteiger partial charge on any atom is 0.131 e. The van der Waals surface area contributed by atoms with Crippen molar-refractivity contribution in [3.05, 3.63) is 194 Å². The van der Waals surface area contributed by atoms with Crippen molar-refractivity contribution in [3.8, 4) is 22.7 Å². The number of hydrogen-bond acceptors (Lipinski definition) is 2. The molecule has 0 amide bonds. The third-order valence-electron chi connectivity index (χ3n) is 12.0. The van der Waals surface area contributed by atoms with Crippen LogP contribution in [0.1, 0.15) is 0 Å². The van der Waals surface area contributed by atoms with Crippen LogP contribution in [0.2, 0.25) is 0 Å². The molecule has 270 valence electrons. The van der Waals surface area contributed by atoms with Gasteiger partial charge in [0.05, 0.1) is 56.9 Å². The van der Waals surface area contributed by atoms with E-state index in [0.717, 1.165) is 66.9 Å². The highest BCUT2D eigenvalue weighted by Crippen LogP contribution is 2.43. The molecule has 6 nitrogen and oxygen atoms in total. The van der Waals surface area contributed by atoms with E-state index in [1.165, 1.54) is 43.4 Å². The first kappa shape index (κ1) is 31.3. The average molecular weight is 741 g/mol. The van der Waals surface area contributed by atoms with Crippen LogP contribution in [0.5, 0.6) is 0 Å². The van der Waals surface area contributed by atoms with Gasteiger partial charge in [-0.15, -0.1) is 0 Å². The summed E-state index contributed by atoms with van der Waals surface area (Å²) >= 11 is 0. The summed E-state index contributed by atoms with van der Waals surface area (Å²) in [6, 6.07) is 65.0. The number of para-hydroxylation sites is 6. The molecular weight excluding hydrogens is 709 g/mol. The average Bonchev–Trinajstić information content (AvgIpc) is 4.01. The standard InChI is InChI=1S/C52H32N6/c1-3-15-35(16-4-1)55-43-23-11-7-19-39(43)47-41-21-9-13-25-45(41)57(51(47)55)37-29-33-27-28-34-30-38(32-54-50(34)49(33)53-31-37)58-46-26-14-10-22-42(46)48-40-20-8-12-24-44(40)56(52(48)58)36-17-5-2-6-18-36/h1-32H. The van der Waals surface area contributed by atoms with Gasteiger partial charge in [0.1, 0.15) is 11.3 Å². The van der Waals surface area contributed by atoms with Gasteiger partial charge in [0, 0.05) is 54.5 Å². The van der Waals surface area contributed by atoms with Crippen LogP contribution >= 0.6 is 0 Å². The lowest BCUT2D eigenvalue weighted by Crippen LogP contribution is -2.03. The molecular formula is C52H32N6. The van der Waals surface area contributed by atoms with Gasteiger partial charge in [-0.1, -0.05) is 121 Å². The van der Waals surface area contributed by atoms with Crippen molar-refractivity contribution < 1.29 is 0 Å². The Kier molecular flexibility index (Phi) is 6.35. The van der Waals surface area contributed by atoms with Crippen molar-refractivity contribution in [2.24, 2.45) is 0 Å². The number of rotatable bonds is 4. The Morgan fingerprint density at radius 2 is 0.603 bits per heavy atom. The van der Waals surface area contributed by atoms with Crippen molar-refractivity contribution >= 4 is 87.5 Å². The van der Waals surface area contributed by atoms with E-state index in [-0.39, 0.29) is 0 Å². The van der Waals surface area contributed by atoms with E-state index in [1.807, 2.05) is 12.4 Å². The summed E-state index contributed by atoms with van der Waals surface area (Å²) in [4.78, 5) is 10.4. The maximum atomic E-state index is 5.21. The molecule has 0 radical (unpaired) electrons. The number of fused-ring (bicyclic) bond motifs is 13. The van der Waals surface area contributed by atoms with Gasteiger partial charge >= 0.3 is 0 Å². The summed E-state index contributed by atoms with van der Waals surface area (Å²) in [5, 5.41) is 9.44. The number of benzene rings is 7. The summed E-state index contributed by atoms with van der Waals surface area (Å²) in [6.07, 6.45) is 4.02. The fraction of sp³-hybridized carbons (Fsp3) is 0. The van der Waals surface area contributed by atoms with Crippen LogP contribution in [0.15, 0.2) is 194 Å². The highest BCUT2D eigenvalue weighted by Gasteiger charge is 2.24. The Morgan fingerprint density at radius 3 is 0.966 bits per heavy atom. The Hall–Kier alpha value is -7.96. The first-order valence-corrected chi connectivity index (χ1v) is 19.7. The largest absolute Gasteiger partial charge is 0.295 e. The van der Waals surface area contributed by atoms with Gasteiger partial charge in [-0.25, -0.2) is 0 Å². The number of aromatic nitrogens is 6. The van der Waals surface area contributed by atoms with Crippen molar-refractivity contribution in [2.75, 3.05) is 0 Å². The molecule has 0 saturated carbocycles. The monoisotopic (exact) mass is 740 g/mol. The lowest BCUT2D eigenvalue weighted by Gasteiger charge is -2.14. The fourth-order valence-corrected chi connectivity index (χ4v) is 9.61. The van der Waals surface area contributed by atoms with Gasteiger partial charge in [-0.05, 0) is 60.7 Å². The molecule has 0 bridgehead atoms. The molecule has 0 aliphatic carbocycles. The minimum Gasteiger partial charge on any atom is -0.295 e. The number of hydrogen-bond donors (Lipinski definition) is 0. The van der Waals surface area contributed by atoms with Gasteiger partial charge in [0.25, 0.3) is 0 Å². The Bertz CT molecular complexity index is 3540. The molecule has 0 atom stereocenters. The summed E-state index contributed by atoms with van der Waals surface area (Å²) in [6.45, 7) is 0. The molecule has 0 aliphatic rings. The maximum absolute atomic E-state index is 5.21. The zero-order valence-electron chi connectivity index (χ0n) is 31.2. The van der Waals surface area contributed by atoms with Gasteiger partial charge in [-0.2, -0.15) is 0 Å². The predicted molar refractivity (Wildman–Crippen MR) is 239 cm³/mol.